The molecule has 1 amide bonds. The van der Waals surface area contributed by atoms with Crippen LogP contribution in [-0.4, -0.2) is 24.4 Å². The summed E-state index contributed by atoms with van der Waals surface area (Å²) in [5.74, 6) is 3.83. The van der Waals surface area contributed by atoms with Crippen molar-refractivity contribution in [3.05, 3.63) is 0 Å². The van der Waals surface area contributed by atoms with Crippen LogP contribution in [0, 0.1) is 23.7 Å². The molecule has 2 fully saturated rings. The quantitative estimate of drug-likeness (QED) is 0.717. The SMILES string of the molecule is CCCC(=O)N(C)CC1C2CCC(C2)C1C. The molecule has 0 saturated heterocycles. The molecule has 4 atom stereocenters. The van der Waals surface area contributed by atoms with Crippen molar-refractivity contribution >= 4 is 5.91 Å². The fourth-order valence-electron chi connectivity index (χ4n) is 3.84. The summed E-state index contributed by atoms with van der Waals surface area (Å²) in [7, 11) is 1.98. The molecule has 2 nitrogen and oxygen atoms in total. The van der Waals surface area contributed by atoms with Crippen molar-refractivity contribution in [2.24, 2.45) is 23.7 Å². The van der Waals surface area contributed by atoms with Crippen LogP contribution >= 0.6 is 0 Å². The van der Waals surface area contributed by atoms with Crippen molar-refractivity contribution in [1.82, 2.24) is 4.90 Å². The van der Waals surface area contributed by atoms with Gasteiger partial charge in [-0.3, -0.25) is 4.79 Å². The first-order chi connectivity index (χ1) is 7.63. The van der Waals surface area contributed by atoms with Gasteiger partial charge < -0.3 is 4.90 Å². The average Bonchev–Trinajstić information content (AvgIpc) is 2.82. The first-order valence-corrected chi connectivity index (χ1v) is 6.87. The average molecular weight is 223 g/mol. The van der Waals surface area contributed by atoms with E-state index in [0.717, 1.165) is 36.6 Å². The third-order valence-electron chi connectivity index (χ3n) is 4.91. The lowest BCUT2D eigenvalue weighted by atomic mass is 9.80. The third-order valence-corrected chi connectivity index (χ3v) is 4.91. The third kappa shape index (κ3) is 2.11. The standard InChI is InChI=1S/C14H25NO/c1-4-5-14(16)15(3)9-13-10(2)11-6-7-12(13)8-11/h10-13H,4-9H2,1-3H3. The number of hydrogen-bond donors (Lipinski definition) is 0. The van der Waals surface area contributed by atoms with Crippen LogP contribution in [0.4, 0.5) is 0 Å². The van der Waals surface area contributed by atoms with E-state index in [4.69, 9.17) is 0 Å². The smallest absolute Gasteiger partial charge is 0.222 e. The van der Waals surface area contributed by atoms with Crippen LogP contribution in [0.1, 0.15) is 46.0 Å². The van der Waals surface area contributed by atoms with Gasteiger partial charge in [-0.25, -0.2) is 0 Å². The van der Waals surface area contributed by atoms with Gasteiger partial charge in [-0.2, -0.15) is 0 Å². The number of rotatable bonds is 4. The van der Waals surface area contributed by atoms with Crippen molar-refractivity contribution < 1.29 is 4.79 Å². The maximum absolute atomic E-state index is 11.8. The largest absolute Gasteiger partial charge is 0.345 e. The summed E-state index contributed by atoms with van der Waals surface area (Å²) in [6, 6.07) is 0. The molecule has 0 aromatic heterocycles. The summed E-state index contributed by atoms with van der Waals surface area (Å²) in [6.45, 7) is 5.47. The molecule has 4 unspecified atom stereocenters. The van der Waals surface area contributed by atoms with Crippen LogP contribution in [0.5, 0.6) is 0 Å². The summed E-state index contributed by atoms with van der Waals surface area (Å²) in [4.78, 5) is 13.7. The van der Waals surface area contributed by atoms with E-state index >= 15 is 0 Å². The van der Waals surface area contributed by atoms with E-state index in [-0.39, 0.29) is 0 Å². The summed E-state index contributed by atoms with van der Waals surface area (Å²) in [5, 5.41) is 0. The van der Waals surface area contributed by atoms with Crippen LogP contribution in [0.2, 0.25) is 0 Å². The molecule has 2 heteroatoms. The molecule has 2 bridgehead atoms. The lowest BCUT2D eigenvalue weighted by Gasteiger charge is -2.32. The van der Waals surface area contributed by atoms with Gasteiger partial charge in [0, 0.05) is 20.0 Å². The Balaban J connectivity index is 1.87. The van der Waals surface area contributed by atoms with Crippen molar-refractivity contribution in [2.45, 2.75) is 46.0 Å². The molecule has 2 aliphatic rings. The molecule has 0 aromatic carbocycles. The Bertz CT molecular complexity index is 261. The Morgan fingerprint density at radius 2 is 2.00 bits per heavy atom. The lowest BCUT2D eigenvalue weighted by molar-refractivity contribution is -0.130. The van der Waals surface area contributed by atoms with E-state index in [1.54, 1.807) is 0 Å². The Morgan fingerprint density at radius 3 is 2.56 bits per heavy atom. The Kier molecular flexibility index (Phi) is 3.56. The number of carbonyl (C=O) groups is 1. The maximum atomic E-state index is 11.8. The van der Waals surface area contributed by atoms with Gasteiger partial charge in [-0.1, -0.05) is 13.8 Å². The van der Waals surface area contributed by atoms with Crippen molar-refractivity contribution in [2.75, 3.05) is 13.6 Å². The highest BCUT2D eigenvalue weighted by atomic mass is 16.2. The van der Waals surface area contributed by atoms with Crippen molar-refractivity contribution in [3.8, 4) is 0 Å². The molecule has 92 valence electrons. The Hall–Kier alpha value is -0.530. The summed E-state index contributed by atoms with van der Waals surface area (Å²) in [5.41, 5.74) is 0. The first-order valence-electron chi connectivity index (χ1n) is 6.87. The molecule has 0 spiro atoms. The number of hydrogen-bond acceptors (Lipinski definition) is 1. The summed E-state index contributed by atoms with van der Waals surface area (Å²) < 4.78 is 0. The monoisotopic (exact) mass is 223 g/mol. The first kappa shape index (κ1) is 11.9. The minimum atomic E-state index is 0.331. The van der Waals surface area contributed by atoms with Gasteiger partial charge in [0.05, 0.1) is 0 Å². The Morgan fingerprint density at radius 1 is 1.31 bits per heavy atom. The zero-order valence-electron chi connectivity index (χ0n) is 10.9. The zero-order chi connectivity index (χ0) is 11.7. The molecule has 0 aromatic rings. The fraction of sp³-hybridized carbons (Fsp3) is 0.929. The molecule has 0 heterocycles. The molecular formula is C14H25NO. The van der Waals surface area contributed by atoms with Gasteiger partial charge in [0.2, 0.25) is 5.91 Å². The lowest BCUT2D eigenvalue weighted by Crippen LogP contribution is -2.36. The second kappa shape index (κ2) is 4.77. The van der Waals surface area contributed by atoms with Gasteiger partial charge >= 0.3 is 0 Å². The van der Waals surface area contributed by atoms with Gasteiger partial charge in [0.25, 0.3) is 0 Å². The predicted octanol–water partition coefficient (Wildman–Crippen LogP) is 2.93. The maximum Gasteiger partial charge on any atom is 0.222 e. The zero-order valence-corrected chi connectivity index (χ0v) is 10.9. The minimum Gasteiger partial charge on any atom is -0.345 e. The molecular weight excluding hydrogens is 198 g/mol. The predicted molar refractivity (Wildman–Crippen MR) is 66.0 cm³/mol. The van der Waals surface area contributed by atoms with Gasteiger partial charge in [0.15, 0.2) is 0 Å². The molecule has 2 saturated carbocycles. The normalized spacial score (nSPS) is 36.7. The summed E-state index contributed by atoms with van der Waals surface area (Å²) >= 11 is 0. The van der Waals surface area contributed by atoms with E-state index in [2.05, 4.69) is 13.8 Å². The van der Waals surface area contributed by atoms with Crippen molar-refractivity contribution in [1.29, 1.82) is 0 Å². The van der Waals surface area contributed by atoms with Crippen LogP contribution in [-0.2, 0) is 4.79 Å². The highest BCUT2D eigenvalue weighted by Gasteiger charge is 2.45. The molecule has 0 N–H and O–H groups in total. The van der Waals surface area contributed by atoms with Crippen LogP contribution in [0.15, 0.2) is 0 Å². The van der Waals surface area contributed by atoms with Crippen LogP contribution in [0.3, 0.4) is 0 Å². The molecule has 2 aliphatic carbocycles. The van der Waals surface area contributed by atoms with E-state index in [9.17, 15) is 4.79 Å². The van der Waals surface area contributed by atoms with E-state index in [0.29, 0.717) is 12.3 Å². The van der Waals surface area contributed by atoms with E-state index in [1.165, 1.54) is 19.3 Å². The topological polar surface area (TPSA) is 20.3 Å². The van der Waals surface area contributed by atoms with Gasteiger partial charge in [-0.05, 0) is 49.4 Å². The van der Waals surface area contributed by atoms with E-state index < -0.39 is 0 Å². The molecule has 16 heavy (non-hydrogen) atoms. The summed E-state index contributed by atoms with van der Waals surface area (Å²) in [6.07, 6.45) is 5.97. The molecule has 2 rings (SSSR count). The second-order valence-electron chi connectivity index (χ2n) is 5.88. The Labute approximate surface area is 99.4 Å². The highest BCUT2D eigenvalue weighted by Crippen LogP contribution is 2.52. The second-order valence-corrected chi connectivity index (χ2v) is 5.88. The van der Waals surface area contributed by atoms with Crippen molar-refractivity contribution in [3.63, 3.8) is 0 Å². The highest BCUT2D eigenvalue weighted by molar-refractivity contribution is 5.75. The van der Waals surface area contributed by atoms with Crippen LogP contribution < -0.4 is 0 Å². The number of nitrogens with zero attached hydrogens (tertiary/aromatic N) is 1. The molecule has 0 radical (unpaired) electrons. The molecule has 0 aliphatic heterocycles. The number of amides is 1. The fourth-order valence-corrected chi connectivity index (χ4v) is 3.84. The number of fused-ring (bicyclic) bond motifs is 2. The van der Waals surface area contributed by atoms with Gasteiger partial charge in [-0.15, -0.1) is 0 Å². The van der Waals surface area contributed by atoms with E-state index in [1.807, 2.05) is 11.9 Å². The minimum absolute atomic E-state index is 0.331. The van der Waals surface area contributed by atoms with Gasteiger partial charge in [0.1, 0.15) is 0 Å². The number of carbonyl (C=O) groups excluding carboxylic acids is 1. The van der Waals surface area contributed by atoms with Crippen LogP contribution in [0.25, 0.3) is 0 Å².